The van der Waals surface area contributed by atoms with E-state index in [1.165, 1.54) is 13.2 Å². The summed E-state index contributed by atoms with van der Waals surface area (Å²) in [6, 6.07) is 2.23. The van der Waals surface area contributed by atoms with Crippen molar-refractivity contribution in [1.82, 2.24) is 5.32 Å². The van der Waals surface area contributed by atoms with Gasteiger partial charge in [0, 0.05) is 12.6 Å². The van der Waals surface area contributed by atoms with E-state index in [1.54, 1.807) is 0 Å². The lowest BCUT2D eigenvalue weighted by Crippen LogP contribution is -2.31. The second-order valence-corrected chi connectivity index (χ2v) is 4.84. The van der Waals surface area contributed by atoms with Crippen molar-refractivity contribution in [3.05, 3.63) is 28.1 Å². The van der Waals surface area contributed by atoms with Crippen LogP contribution in [0.5, 0.6) is 5.75 Å². The number of nitro groups is 1. The molecule has 1 fully saturated rings. The second kappa shape index (κ2) is 6.51. The molecule has 0 unspecified atom stereocenters. The van der Waals surface area contributed by atoms with Crippen LogP contribution < -0.4 is 15.4 Å². The Morgan fingerprint density at radius 3 is 2.80 bits per heavy atom. The van der Waals surface area contributed by atoms with Crippen LogP contribution in [0.25, 0.3) is 0 Å². The summed E-state index contributed by atoms with van der Waals surface area (Å²) in [6.45, 7) is 2.59. The molecular weight excluding hydrogens is 265 g/mol. The molecular formula is C13H18FN3O3. The molecule has 1 aromatic rings. The van der Waals surface area contributed by atoms with Gasteiger partial charge in [-0.2, -0.15) is 0 Å². The summed E-state index contributed by atoms with van der Waals surface area (Å²) < 4.78 is 18.8. The molecule has 2 N–H and O–H groups in total. The molecule has 0 amide bonds. The quantitative estimate of drug-likeness (QED) is 0.639. The predicted octanol–water partition coefficient (Wildman–Crippen LogP) is 2.15. The van der Waals surface area contributed by atoms with Crippen molar-refractivity contribution in [3.63, 3.8) is 0 Å². The van der Waals surface area contributed by atoms with Crippen LogP contribution in [0.4, 0.5) is 15.8 Å². The van der Waals surface area contributed by atoms with Crippen LogP contribution in [0.15, 0.2) is 12.1 Å². The van der Waals surface area contributed by atoms with Crippen LogP contribution >= 0.6 is 0 Å². The van der Waals surface area contributed by atoms with Gasteiger partial charge in [0.05, 0.1) is 23.8 Å². The number of benzene rings is 1. The Bertz CT molecular complexity index is 490. The number of nitro benzene ring substituents is 1. The van der Waals surface area contributed by atoms with Gasteiger partial charge in [0.25, 0.3) is 0 Å². The minimum absolute atomic E-state index is 0.0595. The van der Waals surface area contributed by atoms with Crippen molar-refractivity contribution in [1.29, 1.82) is 0 Å². The fourth-order valence-electron chi connectivity index (χ4n) is 2.32. The lowest BCUT2D eigenvalue weighted by Gasteiger charge is -2.23. The molecule has 0 atom stereocenters. The summed E-state index contributed by atoms with van der Waals surface area (Å²) in [5.74, 6) is -0.0903. The first kappa shape index (κ1) is 14.5. The molecule has 1 aliphatic rings. The van der Waals surface area contributed by atoms with Gasteiger partial charge in [-0.25, -0.2) is 4.39 Å². The van der Waals surface area contributed by atoms with Crippen molar-refractivity contribution >= 4 is 11.4 Å². The second-order valence-electron chi connectivity index (χ2n) is 4.84. The number of nitrogens with zero attached hydrogens (tertiary/aromatic N) is 1. The third-order valence-electron chi connectivity index (χ3n) is 3.51. The van der Waals surface area contributed by atoms with Crippen LogP contribution in [0.1, 0.15) is 12.8 Å². The molecule has 1 heterocycles. The van der Waals surface area contributed by atoms with Gasteiger partial charge in [0.1, 0.15) is 0 Å². The highest BCUT2D eigenvalue weighted by Crippen LogP contribution is 2.32. The molecule has 6 nitrogen and oxygen atoms in total. The van der Waals surface area contributed by atoms with Gasteiger partial charge < -0.3 is 15.4 Å². The van der Waals surface area contributed by atoms with E-state index in [-0.39, 0.29) is 17.1 Å². The van der Waals surface area contributed by atoms with Crippen LogP contribution in [-0.4, -0.2) is 31.7 Å². The minimum atomic E-state index is -0.654. The van der Waals surface area contributed by atoms with Crippen molar-refractivity contribution in [2.24, 2.45) is 5.92 Å². The zero-order valence-electron chi connectivity index (χ0n) is 11.3. The first-order valence-electron chi connectivity index (χ1n) is 6.58. The Morgan fingerprint density at radius 2 is 2.20 bits per heavy atom. The zero-order chi connectivity index (χ0) is 14.5. The van der Waals surface area contributed by atoms with Gasteiger partial charge in [0.15, 0.2) is 11.6 Å². The smallest absolute Gasteiger partial charge is 0.313 e. The number of methoxy groups -OCH3 is 1. The Morgan fingerprint density at radius 1 is 1.50 bits per heavy atom. The molecule has 7 heteroatoms. The summed E-state index contributed by atoms with van der Waals surface area (Å²) in [5.41, 5.74) is -0.122. The molecule has 0 spiro atoms. The predicted molar refractivity (Wildman–Crippen MR) is 73.7 cm³/mol. The summed E-state index contributed by atoms with van der Waals surface area (Å²) in [6.07, 6.45) is 2.08. The maximum Gasteiger partial charge on any atom is 0.313 e. The van der Waals surface area contributed by atoms with Crippen LogP contribution in [0, 0.1) is 21.8 Å². The Labute approximate surface area is 116 Å². The Hall–Kier alpha value is -1.89. The molecule has 1 aliphatic heterocycles. The normalized spacial score (nSPS) is 15.9. The molecule has 2 rings (SSSR count). The van der Waals surface area contributed by atoms with Gasteiger partial charge in [0.2, 0.25) is 0 Å². The van der Waals surface area contributed by atoms with E-state index in [0.29, 0.717) is 12.5 Å². The topological polar surface area (TPSA) is 76.4 Å². The van der Waals surface area contributed by atoms with Gasteiger partial charge in [-0.05, 0) is 31.8 Å². The van der Waals surface area contributed by atoms with E-state index in [9.17, 15) is 14.5 Å². The van der Waals surface area contributed by atoms with E-state index in [2.05, 4.69) is 10.6 Å². The number of piperidine rings is 1. The molecule has 1 saturated heterocycles. The van der Waals surface area contributed by atoms with E-state index < -0.39 is 10.7 Å². The van der Waals surface area contributed by atoms with Crippen molar-refractivity contribution in [2.75, 3.05) is 32.1 Å². The van der Waals surface area contributed by atoms with Crippen LogP contribution in [-0.2, 0) is 0 Å². The van der Waals surface area contributed by atoms with E-state index in [1.807, 2.05) is 0 Å². The maximum atomic E-state index is 13.8. The van der Waals surface area contributed by atoms with Gasteiger partial charge >= 0.3 is 5.69 Å². The van der Waals surface area contributed by atoms with Gasteiger partial charge in [-0.1, -0.05) is 0 Å². The largest absolute Gasteiger partial charge is 0.490 e. The first-order chi connectivity index (χ1) is 9.61. The van der Waals surface area contributed by atoms with E-state index in [4.69, 9.17) is 4.74 Å². The molecule has 0 aromatic heterocycles. The van der Waals surface area contributed by atoms with Crippen LogP contribution in [0.3, 0.4) is 0 Å². The highest BCUT2D eigenvalue weighted by molar-refractivity contribution is 5.59. The number of halogens is 1. The molecule has 20 heavy (non-hydrogen) atoms. The third kappa shape index (κ3) is 3.36. The summed E-state index contributed by atoms with van der Waals surface area (Å²) in [4.78, 5) is 10.1. The lowest BCUT2D eigenvalue weighted by atomic mass is 9.98. The summed E-state index contributed by atoms with van der Waals surface area (Å²) in [7, 11) is 1.33. The van der Waals surface area contributed by atoms with E-state index >= 15 is 0 Å². The monoisotopic (exact) mass is 283 g/mol. The number of hydrogen-bond donors (Lipinski definition) is 2. The van der Waals surface area contributed by atoms with Gasteiger partial charge in [-0.15, -0.1) is 0 Å². The standard InChI is InChI=1S/C13H18FN3O3/c1-20-13-7-11(10(14)6-12(13)17(18)19)16-8-9-2-4-15-5-3-9/h6-7,9,15-16H,2-5,8H2,1H3. The highest BCUT2D eigenvalue weighted by atomic mass is 19.1. The number of ether oxygens (including phenoxy) is 1. The molecule has 1 aromatic carbocycles. The SMILES string of the molecule is COc1cc(NCC2CCNCC2)c(F)cc1[N+](=O)[O-]. The fourth-order valence-corrected chi connectivity index (χ4v) is 2.32. The van der Waals surface area contributed by atoms with Crippen LogP contribution in [0.2, 0.25) is 0 Å². The summed E-state index contributed by atoms with van der Waals surface area (Å²) >= 11 is 0. The number of anilines is 1. The summed E-state index contributed by atoms with van der Waals surface area (Å²) in [5, 5.41) is 17.1. The first-order valence-corrected chi connectivity index (χ1v) is 6.58. The average Bonchev–Trinajstić information content (AvgIpc) is 2.46. The number of rotatable bonds is 5. The van der Waals surface area contributed by atoms with Crippen molar-refractivity contribution < 1.29 is 14.1 Å². The molecule has 0 bridgehead atoms. The fraction of sp³-hybridized carbons (Fsp3) is 0.538. The third-order valence-corrected chi connectivity index (χ3v) is 3.51. The van der Waals surface area contributed by atoms with Crippen molar-refractivity contribution in [2.45, 2.75) is 12.8 Å². The Balaban J connectivity index is 2.09. The minimum Gasteiger partial charge on any atom is -0.490 e. The van der Waals surface area contributed by atoms with Crippen molar-refractivity contribution in [3.8, 4) is 5.75 Å². The molecule has 0 saturated carbocycles. The number of nitrogens with one attached hydrogen (secondary N) is 2. The Kier molecular flexibility index (Phi) is 4.73. The maximum absolute atomic E-state index is 13.8. The molecule has 110 valence electrons. The molecule has 0 aliphatic carbocycles. The molecule has 0 radical (unpaired) electrons. The zero-order valence-corrected chi connectivity index (χ0v) is 11.3. The lowest BCUT2D eigenvalue weighted by molar-refractivity contribution is -0.385. The van der Waals surface area contributed by atoms with Gasteiger partial charge in [-0.3, -0.25) is 10.1 Å². The number of hydrogen-bond acceptors (Lipinski definition) is 5. The van der Waals surface area contributed by atoms with E-state index in [0.717, 1.165) is 32.0 Å². The highest BCUT2D eigenvalue weighted by Gasteiger charge is 2.20. The average molecular weight is 283 g/mol.